The minimum Gasteiger partial charge on any atom is -0.374 e. The van der Waals surface area contributed by atoms with Crippen molar-refractivity contribution >= 4 is 17.8 Å². The van der Waals surface area contributed by atoms with Gasteiger partial charge >= 0.3 is 5.97 Å². The number of carbonyl (C=O) groups excluding carboxylic acids is 3. The van der Waals surface area contributed by atoms with E-state index in [2.05, 4.69) is 12.2 Å². The van der Waals surface area contributed by atoms with E-state index in [0.717, 1.165) is 25.7 Å². The maximum Gasteiger partial charge on any atom is 0.335 e. The molecule has 1 aliphatic carbocycles. The highest BCUT2D eigenvalue weighted by Gasteiger charge is 2.43. The highest BCUT2D eigenvalue weighted by Crippen LogP contribution is 2.38. The summed E-state index contributed by atoms with van der Waals surface area (Å²) in [5, 5.41) is 0.597. The minimum absolute atomic E-state index is 0.0991. The number of imide groups is 1. The zero-order chi connectivity index (χ0) is 14.8. The van der Waals surface area contributed by atoms with E-state index >= 15 is 0 Å². The summed E-state index contributed by atoms with van der Waals surface area (Å²) >= 11 is 0. The Morgan fingerprint density at radius 1 is 1.19 bits per heavy atom. The first-order valence-electron chi connectivity index (χ1n) is 7.52. The Balaban J connectivity index is 1.50. The predicted molar refractivity (Wildman–Crippen MR) is 71.6 cm³/mol. The second-order valence-electron chi connectivity index (χ2n) is 5.75. The summed E-state index contributed by atoms with van der Waals surface area (Å²) in [4.78, 5) is 39.5. The molecule has 3 atom stereocenters. The van der Waals surface area contributed by atoms with E-state index in [1.165, 1.54) is 0 Å². The molecule has 2 amide bonds. The van der Waals surface area contributed by atoms with Gasteiger partial charge in [0.15, 0.2) is 0 Å². The van der Waals surface area contributed by atoms with Crippen LogP contribution in [0.4, 0.5) is 0 Å². The Morgan fingerprint density at radius 2 is 1.86 bits per heavy atom. The molecule has 0 radical (unpaired) electrons. The van der Waals surface area contributed by atoms with Gasteiger partial charge in [-0.2, -0.15) is 0 Å². The number of allylic oxidation sites excluding steroid dienone is 2. The molecule has 0 spiro atoms. The average molecular weight is 293 g/mol. The molecule has 3 aliphatic rings. The molecular formula is C15H19NO5. The van der Waals surface area contributed by atoms with Crippen molar-refractivity contribution in [2.75, 3.05) is 0 Å². The van der Waals surface area contributed by atoms with Crippen molar-refractivity contribution in [2.24, 2.45) is 5.92 Å². The van der Waals surface area contributed by atoms with Gasteiger partial charge in [-0.25, -0.2) is 4.79 Å². The SMILES string of the molecule is O=C(CC1OC2CC/C=C\CCC21)ON1C(=O)CCC1=O. The lowest BCUT2D eigenvalue weighted by Gasteiger charge is -2.45. The Kier molecular flexibility index (Phi) is 4.05. The van der Waals surface area contributed by atoms with Crippen molar-refractivity contribution in [1.82, 2.24) is 5.06 Å². The monoisotopic (exact) mass is 293 g/mol. The fourth-order valence-corrected chi connectivity index (χ4v) is 3.18. The quantitative estimate of drug-likeness (QED) is 0.582. The molecular weight excluding hydrogens is 274 g/mol. The topological polar surface area (TPSA) is 72.9 Å². The lowest BCUT2D eigenvalue weighted by molar-refractivity contribution is -0.215. The van der Waals surface area contributed by atoms with Crippen LogP contribution in [0.5, 0.6) is 0 Å². The number of amides is 2. The summed E-state index contributed by atoms with van der Waals surface area (Å²) in [5.41, 5.74) is 0. The number of rotatable bonds is 3. The minimum atomic E-state index is -0.570. The molecule has 6 heteroatoms. The van der Waals surface area contributed by atoms with E-state index in [1.54, 1.807) is 0 Å². The normalized spacial score (nSPS) is 33.7. The van der Waals surface area contributed by atoms with Crippen LogP contribution in [-0.4, -0.2) is 35.1 Å². The average Bonchev–Trinajstić information content (AvgIpc) is 2.73. The molecule has 0 bridgehead atoms. The fraction of sp³-hybridized carbons (Fsp3) is 0.667. The zero-order valence-corrected chi connectivity index (χ0v) is 11.8. The molecule has 0 aromatic heterocycles. The van der Waals surface area contributed by atoms with Gasteiger partial charge in [-0.1, -0.05) is 12.2 Å². The van der Waals surface area contributed by atoms with E-state index < -0.39 is 17.8 Å². The van der Waals surface area contributed by atoms with E-state index in [4.69, 9.17) is 9.57 Å². The van der Waals surface area contributed by atoms with Gasteiger partial charge in [0.25, 0.3) is 11.8 Å². The molecule has 6 nitrogen and oxygen atoms in total. The van der Waals surface area contributed by atoms with Gasteiger partial charge in [-0.15, -0.1) is 5.06 Å². The third kappa shape index (κ3) is 3.00. The van der Waals surface area contributed by atoms with Crippen LogP contribution in [0.2, 0.25) is 0 Å². The first kappa shape index (κ1) is 14.3. The maximum atomic E-state index is 11.9. The Morgan fingerprint density at radius 3 is 2.57 bits per heavy atom. The van der Waals surface area contributed by atoms with Crippen LogP contribution in [0.3, 0.4) is 0 Å². The second kappa shape index (κ2) is 5.97. The van der Waals surface area contributed by atoms with Crippen LogP contribution in [0.25, 0.3) is 0 Å². The van der Waals surface area contributed by atoms with Crippen molar-refractivity contribution in [3.05, 3.63) is 12.2 Å². The molecule has 2 aliphatic heterocycles. The first-order valence-corrected chi connectivity index (χ1v) is 7.52. The molecule has 3 unspecified atom stereocenters. The number of hydrogen-bond acceptors (Lipinski definition) is 5. The third-order valence-corrected chi connectivity index (χ3v) is 4.32. The summed E-state index contributed by atoms with van der Waals surface area (Å²) in [7, 11) is 0. The summed E-state index contributed by atoms with van der Waals surface area (Å²) in [5.74, 6) is -1.10. The van der Waals surface area contributed by atoms with Crippen LogP contribution in [0.15, 0.2) is 12.2 Å². The van der Waals surface area contributed by atoms with Gasteiger partial charge in [0.1, 0.15) is 0 Å². The Bertz CT molecular complexity index is 470. The second-order valence-corrected chi connectivity index (χ2v) is 5.75. The molecule has 3 rings (SSSR count). The van der Waals surface area contributed by atoms with Crippen molar-refractivity contribution < 1.29 is 24.0 Å². The molecule has 114 valence electrons. The van der Waals surface area contributed by atoms with Crippen molar-refractivity contribution in [3.8, 4) is 0 Å². The first-order chi connectivity index (χ1) is 10.1. The van der Waals surface area contributed by atoms with E-state index in [-0.39, 0.29) is 31.5 Å². The summed E-state index contributed by atoms with van der Waals surface area (Å²) in [6.45, 7) is 0. The molecule has 0 aromatic rings. The van der Waals surface area contributed by atoms with Crippen LogP contribution in [0.1, 0.15) is 44.9 Å². The highest BCUT2D eigenvalue weighted by atomic mass is 16.7. The maximum absolute atomic E-state index is 11.9. The molecule has 2 saturated heterocycles. The van der Waals surface area contributed by atoms with Crippen molar-refractivity contribution in [2.45, 2.75) is 57.2 Å². The van der Waals surface area contributed by atoms with Crippen LogP contribution in [-0.2, 0) is 24.0 Å². The number of hydroxylamine groups is 2. The van der Waals surface area contributed by atoms with Crippen LogP contribution >= 0.6 is 0 Å². The smallest absolute Gasteiger partial charge is 0.335 e. The summed E-state index contributed by atoms with van der Waals surface area (Å²) < 4.78 is 5.74. The number of ether oxygens (including phenoxy) is 1. The van der Waals surface area contributed by atoms with Gasteiger partial charge in [0.05, 0.1) is 18.6 Å². The van der Waals surface area contributed by atoms with Crippen molar-refractivity contribution in [1.29, 1.82) is 0 Å². The van der Waals surface area contributed by atoms with Gasteiger partial charge < -0.3 is 9.57 Å². The lowest BCUT2D eigenvalue weighted by atomic mass is 9.80. The van der Waals surface area contributed by atoms with Crippen molar-refractivity contribution in [3.63, 3.8) is 0 Å². The highest BCUT2D eigenvalue weighted by molar-refractivity contribution is 6.01. The van der Waals surface area contributed by atoms with Gasteiger partial charge in [-0.3, -0.25) is 9.59 Å². The predicted octanol–water partition coefficient (Wildman–Crippen LogP) is 1.50. The summed E-state index contributed by atoms with van der Waals surface area (Å²) in [6, 6.07) is 0. The number of fused-ring (bicyclic) bond motifs is 1. The molecule has 2 heterocycles. The fourth-order valence-electron chi connectivity index (χ4n) is 3.18. The van der Waals surface area contributed by atoms with E-state index in [0.29, 0.717) is 11.0 Å². The molecule has 0 N–H and O–H groups in total. The largest absolute Gasteiger partial charge is 0.374 e. The van der Waals surface area contributed by atoms with Gasteiger partial charge in [0.2, 0.25) is 0 Å². The zero-order valence-electron chi connectivity index (χ0n) is 11.8. The Hall–Kier alpha value is -1.69. The van der Waals surface area contributed by atoms with Crippen LogP contribution in [0, 0.1) is 5.92 Å². The third-order valence-electron chi connectivity index (χ3n) is 4.32. The van der Waals surface area contributed by atoms with E-state index in [9.17, 15) is 14.4 Å². The molecule has 0 aromatic carbocycles. The number of hydrogen-bond donors (Lipinski definition) is 0. The van der Waals surface area contributed by atoms with E-state index in [1.807, 2.05) is 0 Å². The molecule has 2 fully saturated rings. The number of nitrogens with zero attached hydrogens (tertiary/aromatic N) is 1. The van der Waals surface area contributed by atoms with Gasteiger partial charge in [0, 0.05) is 18.8 Å². The van der Waals surface area contributed by atoms with Gasteiger partial charge in [-0.05, 0) is 25.7 Å². The molecule has 0 saturated carbocycles. The Labute approximate surface area is 123 Å². The summed E-state index contributed by atoms with van der Waals surface area (Å²) in [6.07, 6.45) is 8.74. The van der Waals surface area contributed by atoms with Crippen LogP contribution < -0.4 is 0 Å². The number of carbonyl (C=O) groups is 3. The lowest BCUT2D eigenvalue weighted by Crippen LogP contribution is -2.50. The molecule has 21 heavy (non-hydrogen) atoms. The standard InChI is InChI=1S/C15H19NO5/c17-13-7-8-14(18)16(13)21-15(19)9-12-10-5-3-1-2-4-6-11(10)20-12/h1-2,10-12H,3-9H2/b2-1-.